The third-order valence-corrected chi connectivity index (χ3v) is 15.2. The summed E-state index contributed by atoms with van der Waals surface area (Å²) >= 11 is 11.2. The van der Waals surface area contributed by atoms with Crippen LogP contribution in [0.2, 0.25) is 0 Å². The molecule has 0 radical (unpaired) electrons. The lowest BCUT2D eigenvalue weighted by atomic mass is 10.1. The van der Waals surface area contributed by atoms with E-state index in [4.69, 9.17) is 29.2 Å². The Balaban J connectivity index is 0.000000761. The second kappa shape index (κ2) is 34.1. The molecule has 0 aliphatic heterocycles. The van der Waals surface area contributed by atoms with E-state index in [-0.39, 0.29) is 95.6 Å². The van der Waals surface area contributed by atoms with Crippen LogP contribution in [0.15, 0.2) is 0 Å². The summed E-state index contributed by atoms with van der Waals surface area (Å²) in [4.78, 5) is 122. The molecule has 0 saturated heterocycles. The Morgan fingerprint density at radius 2 is 0.708 bits per heavy atom. The van der Waals surface area contributed by atoms with Crippen LogP contribution in [0.4, 0.5) is 11.4 Å². The van der Waals surface area contributed by atoms with Crippen molar-refractivity contribution in [1.29, 1.82) is 0 Å². The first-order valence-corrected chi connectivity index (χ1v) is 27.5. The van der Waals surface area contributed by atoms with Crippen molar-refractivity contribution in [2.75, 3.05) is 63.2 Å². The van der Waals surface area contributed by atoms with Crippen LogP contribution in [0.3, 0.4) is 0 Å². The van der Waals surface area contributed by atoms with Crippen molar-refractivity contribution < 1.29 is 87.3 Å². The molecule has 2 aromatic rings. The molecule has 0 aliphatic rings. The van der Waals surface area contributed by atoms with E-state index in [0.29, 0.717) is 23.5 Å². The zero-order chi connectivity index (χ0) is 55.2. The molecule has 0 heterocycles. The highest BCUT2D eigenvalue weighted by atomic mass is 127. The number of carbonyl (C=O) groups excluding carboxylic acids is 10. The maximum atomic E-state index is 13.4. The van der Waals surface area contributed by atoms with E-state index in [1.807, 2.05) is 136 Å². The molecular formula is C42H52I6N6O18. The fourth-order valence-corrected chi connectivity index (χ4v) is 14.1. The molecule has 0 saturated carbocycles. The summed E-state index contributed by atoms with van der Waals surface area (Å²) in [6.07, 6.45) is -3.93. The van der Waals surface area contributed by atoms with Gasteiger partial charge in [-0.15, -0.1) is 0 Å². The largest absolute Gasteiger partial charge is 0.462 e. The molecule has 0 fully saturated rings. The number of rotatable bonds is 24. The van der Waals surface area contributed by atoms with Crippen LogP contribution in [-0.2, 0) is 47.7 Å². The minimum absolute atomic E-state index is 0.0543. The van der Waals surface area contributed by atoms with Crippen LogP contribution < -0.4 is 31.9 Å². The van der Waals surface area contributed by atoms with Gasteiger partial charge in [0.15, 0.2) is 12.2 Å². The normalized spacial score (nSPS) is 12.2. The minimum Gasteiger partial charge on any atom is -0.462 e. The average Bonchev–Trinajstić information content (AvgIpc) is 3.31. The molecule has 0 aromatic heterocycles. The Hall–Kier alpha value is -2.64. The van der Waals surface area contributed by atoms with Crippen LogP contribution in [0.1, 0.15) is 95.8 Å². The predicted octanol–water partition coefficient (Wildman–Crippen LogP) is 2.31. The lowest BCUT2D eigenvalue weighted by Crippen LogP contribution is -2.40. The molecule has 2 rings (SSSR count). The monoisotopic (exact) mass is 1690 g/mol. The molecular weight excluding hydrogens is 1640 g/mol. The first-order valence-electron chi connectivity index (χ1n) is 21.0. The van der Waals surface area contributed by atoms with Crippen molar-refractivity contribution in [3.63, 3.8) is 0 Å². The van der Waals surface area contributed by atoms with E-state index >= 15 is 0 Å². The van der Waals surface area contributed by atoms with Crippen LogP contribution in [0.25, 0.3) is 0 Å². The number of halogens is 6. The molecule has 2 aromatic carbocycles. The Labute approximate surface area is 495 Å². The summed E-state index contributed by atoms with van der Waals surface area (Å²) in [5, 5.41) is 52.5. The van der Waals surface area contributed by atoms with Crippen LogP contribution in [0, 0.1) is 21.4 Å². The Morgan fingerprint density at radius 1 is 0.444 bits per heavy atom. The van der Waals surface area contributed by atoms with Crippen molar-refractivity contribution in [2.24, 2.45) is 0 Å². The standard InChI is InChI=1S/C25H30I3N3O11.C17H22I3N3O7/c1-6-17(36)31-23-21(27)18(24(37)29-7-15(41-13(4)34)9-39-11(2)32)20(26)19(22(23)28)25(38)30-8-16(42-14(5)35)10-40-12(3)33;1-2-9(28)23-15-13(19)10(16(29)21-3-7(26)5-24)12(18)11(14(15)20)17(30)22-4-8(27)6-25/h15-16H,6-10H2,1-5H3,(H,29,37)(H,30,38)(H,31,36);7-8,24-27H,2-6H2,1H3,(H,21,29)(H,22,30)(H,23,28). The molecule has 4 unspecified atom stereocenters. The molecule has 0 spiro atoms. The van der Waals surface area contributed by atoms with Gasteiger partial charge < -0.3 is 71.3 Å². The summed E-state index contributed by atoms with van der Waals surface area (Å²) < 4.78 is 22.1. The van der Waals surface area contributed by atoms with Crippen molar-refractivity contribution in [3.8, 4) is 0 Å². The summed E-state index contributed by atoms with van der Waals surface area (Å²) in [6.45, 7) is 5.52. The highest BCUT2D eigenvalue weighted by Gasteiger charge is 2.31. The van der Waals surface area contributed by atoms with Crippen LogP contribution in [0.5, 0.6) is 0 Å². The van der Waals surface area contributed by atoms with Crippen molar-refractivity contribution in [1.82, 2.24) is 21.3 Å². The van der Waals surface area contributed by atoms with Crippen molar-refractivity contribution >= 4 is 206 Å². The SMILES string of the molecule is CCC(=O)Nc1c(I)c(C(=O)NCC(COC(C)=O)OC(C)=O)c(I)c(C(=O)NCC(COC(C)=O)OC(C)=O)c1I.CCC(=O)Nc1c(I)c(C(=O)NCC(O)CO)c(I)c(C(=O)NCC(O)CO)c1I. The van der Waals surface area contributed by atoms with E-state index < -0.39 is 85.1 Å². The molecule has 0 aliphatic carbocycles. The zero-order valence-corrected chi connectivity index (χ0v) is 52.1. The first kappa shape index (κ1) is 67.4. The van der Waals surface area contributed by atoms with E-state index in [2.05, 4.69) is 31.9 Å². The number of anilines is 2. The number of aliphatic hydroxyl groups is 4. The number of ether oxygens (including phenoxy) is 4. The minimum atomic E-state index is -1.14. The number of carbonyl (C=O) groups is 10. The number of amides is 6. The number of nitrogens with one attached hydrogen (secondary N) is 6. The summed E-state index contributed by atoms with van der Waals surface area (Å²) in [7, 11) is 0. The summed E-state index contributed by atoms with van der Waals surface area (Å²) in [5.41, 5.74) is 0.884. The highest BCUT2D eigenvalue weighted by Crippen LogP contribution is 2.37. The highest BCUT2D eigenvalue weighted by molar-refractivity contribution is 14.1. The van der Waals surface area contributed by atoms with E-state index in [0.717, 1.165) is 0 Å². The van der Waals surface area contributed by atoms with Gasteiger partial charge in [-0.1, -0.05) is 13.8 Å². The van der Waals surface area contributed by atoms with Gasteiger partial charge in [0.25, 0.3) is 23.6 Å². The maximum absolute atomic E-state index is 13.4. The third-order valence-electron chi connectivity index (χ3n) is 8.72. The lowest BCUT2D eigenvalue weighted by molar-refractivity contribution is -0.155. The van der Waals surface area contributed by atoms with Gasteiger partial charge in [0.05, 0.1) is 86.4 Å². The number of esters is 4. The Morgan fingerprint density at radius 3 is 0.931 bits per heavy atom. The van der Waals surface area contributed by atoms with Gasteiger partial charge in [-0.25, -0.2) is 0 Å². The first-order chi connectivity index (χ1) is 33.7. The molecule has 24 nitrogen and oxygen atoms in total. The average molecular weight is 1690 g/mol. The van der Waals surface area contributed by atoms with Gasteiger partial charge in [0.1, 0.15) is 13.2 Å². The summed E-state index contributed by atoms with van der Waals surface area (Å²) in [5.74, 6) is -5.68. The quantitative estimate of drug-likeness (QED) is 0.0409. The van der Waals surface area contributed by atoms with Gasteiger partial charge in [-0.2, -0.15) is 0 Å². The zero-order valence-electron chi connectivity index (χ0n) is 39.2. The fourth-order valence-electron chi connectivity index (χ4n) is 5.28. The van der Waals surface area contributed by atoms with Crippen molar-refractivity contribution in [2.45, 2.75) is 78.8 Å². The molecule has 30 heteroatoms. The molecule has 4 atom stereocenters. The predicted molar refractivity (Wildman–Crippen MR) is 307 cm³/mol. The summed E-state index contributed by atoms with van der Waals surface area (Å²) in [6, 6.07) is 0. The molecule has 72 heavy (non-hydrogen) atoms. The molecule has 10 N–H and O–H groups in total. The maximum Gasteiger partial charge on any atom is 0.303 e. The second-order valence-electron chi connectivity index (χ2n) is 14.5. The van der Waals surface area contributed by atoms with E-state index in [9.17, 15) is 58.2 Å². The van der Waals surface area contributed by atoms with Crippen molar-refractivity contribution in [3.05, 3.63) is 43.7 Å². The second-order valence-corrected chi connectivity index (χ2v) is 21.0. The van der Waals surface area contributed by atoms with Gasteiger partial charge in [0.2, 0.25) is 11.8 Å². The smallest absolute Gasteiger partial charge is 0.303 e. The number of hydrogen-bond donors (Lipinski definition) is 10. The van der Waals surface area contributed by atoms with Gasteiger partial charge >= 0.3 is 23.9 Å². The Kier molecular flexibility index (Phi) is 31.9. The molecule has 6 amide bonds. The molecule has 0 bridgehead atoms. The van der Waals surface area contributed by atoms with Gasteiger partial charge in [-0.3, -0.25) is 47.9 Å². The third kappa shape index (κ3) is 22.3. The number of hydrogen-bond acceptors (Lipinski definition) is 18. The number of benzene rings is 2. The van der Waals surface area contributed by atoms with Crippen LogP contribution in [-0.4, -0.2) is 157 Å². The fraction of sp³-hybridized carbons (Fsp3) is 0.476. The van der Waals surface area contributed by atoms with Gasteiger partial charge in [0, 0.05) is 60.8 Å². The molecule has 400 valence electrons. The van der Waals surface area contributed by atoms with Gasteiger partial charge in [-0.05, 0) is 136 Å². The Bertz CT molecular complexity index is 2230. The van der Waals surface area contributed by atoms with Crippen LogP contribution >= 0.6 is 136 Å². The van der Waals surface area contributed by atoms with E-state index in [1.165, 1.54) is 27.7 Å². The topological polar surface area (TPSA) is 361 Å². The van der Waals surface area contributed by atoms with E-state index in [1.54, 1.807) is 13.8 Å². The lowest BCUT2D eigenvalue weighted by Gasteiger charge is -2.22. The number of aliphatic hydroxyl groups excluding tert-OH is 4.